The van der Waals surface area contributed by atoms with Gasteiger partial charge >= 0.3 is 0 Å². The van der Waals surface area contributed by atoms with Gasteiger partial charge in [-0.05, 0) is 38.0 Å². The van der Waals surface area contributed by atoms with Crippen LogP contribution in [0.3, 0.4) is 0 Å². The minimum atomic E-state index is -0.249. The Morgan fingerprint density at radius 2 is 1.76 bits per heavy atom. The summed E-state index contributed by atoms with van der Waals surface area (Å²) in [5.74, 6) is 0.679. The molecule has 3 rings (SSSR count). The molecule has 3 aromatic rings. The average molecular weight is 337 g/mol. The number of hydrogen-bond acceptors (Lipinski definition) is 5. The molecule has 0 unspecified atom stereocenters. The lowest BCUT2D eigenvalue weighted by atomic mass is 10.1. The van der Waals surface area contributed by atoms with E-state index in [1.807, 2.05) is 13.8 Å². The summed E-state index contributed by atoms with van der Waals surface area (Å²) in [5, 5.41) is 14.3. The third-order valence-electron chi connectivity index (χ3n) is 3.89. The maximum Gasteiger partial charge on any atom is 0.249 e. The van der Waals surface area contributed by atoms with Crippen molar-refractivity contribution in [2.24, 2.45) is 0 Å². The molecule has 0 saturated carbocycles. The van der Waals surface area contributed by atoms with Crippen LogP contribution in [0.25, 0.3) is 0 Å². The summed E-state index contributed by atoms with van der Waals surface area (Å²) in [7, 11) is 0. The lowest BCUT2D eigenvalue weighted by Gasteiger charge is -2.13. The van der Waals surface area contributed by atoms with Gasteiger partial charge in [0.1, 0.15) is 5.82 Å². The van der Waals surface area contributed by atoms with Crippen LogP contribution in [0.1, 0.15) is 22.3 Å². The zero-order valence-corrected chi connectivity index (χ0v) is 14.5. The molecule has 1 heterocycles. The summed E-state index contributed by atoms with van der Waals surface area (Å²) in [5.41, 5.74) is 4.98. The van der Waals surface area contributed by atoms with Crippen molar-refractivity contribution in [3.8, 4) is 0 Å². The molecule has 0 amide bonds. The first-order chi connectivity index (χ1) is 12.0. The van der Waals surface area contributed by atoms with E-state index in [9.17, 15) is 4.39 Å². The topological polar surface area (TPSA) is 62.7 Å². The highest BCUT2D eigenvalue weighted by Crippen LogP contribution is 2.24. The van der Waals surface area contributed by atoms with E-state index in [-0.39, 0.29) is 5.82 Å². The Bertz CT molecular complexity index is 871. The van der Waals surface area contributed by atoms with Gasteiger partial charge in [-0.1, -0.05) is 35.9 Å². The second kappa shape index (κ2) is 7.25. The smallest absolute Gasteiger partial charge is 0.249 e. The predicted molar refractivity (Wildman–Crippen MR) is 97.5 cm³/mol. The quantitative estimate of drug-likeness (QED) is 0.727. The highest BCUT2D eigenvalue weighted by molar-refractivity contribution is 5.64. The number of anilines is 3. The van der Waals surface area contributed by atoms with Crippen molar-refractivity contribution in [3.05, 3.63) is 70.7 Å². The van der Waals surface area contributed by atoms with Crippen LogP contribution in [-0.2, 0) is 6.54 Å². The maximum absolute atomic E-state index is 13.7. The molecule has 0 saturated heterocycles. The molecular weight excluding hydrogens is 317 g/mol. The molecule has 0 aliphatic rings. The fourth-order valence-electron chi connectivity index (χ4n) is 2.76. The zero-order chi connectivity index (χ0) is 17.8. The molecule has 1 aromatic heterocycles. The second-order valence-corrected chi connectivity index (χ2v) is 6.01. The Morgan fingerprint density at radius 1 is 1.04 bits per heavy atom. The third kappa shape index (κ3) is 4.09. The molecule has 0 spiro atoms. The van der Waals surface area contributed by atoms with Crippen molar-refractivity contribution < 1.29 is 4.39 Å². The van der Waals surface area contributed by atoms with E-state index in [0.717, 1.165) is 16.8 Å². The van der Waals surface area contributed by atoms with Crippen LogP contribution in [0.4, 0.5) is 21.8 Å². The molecule has 5 nitrogen and oxygen atoms in total. The van der Waals surface area contributed by atoms with Crippen LogP contribution in [0.2, 0.25) is 0 Å². The maximum atomic E-state index is 13.7. The molecule has 0 aliphatic heterocycles. The molecular formula is C19H20FN5. The van der Waals surface area contributed by atoms with Gasteiger partial charge in [0.15, 0.2) is 5.82 Å². The fraction of sp³-hybridized carbons (Fsp3) is 0.211. The molecule has 2 N–H and O–H groups in total. The van der Waals surface area contributed by atoms with Crippen LogP contribution in [0.5, 0.6) is 0 Å². The van der Waals surface area contributed by atoms with E-state index in [2.05, 4.69) is 44.9 Å². The van der Waals surface area contributed by atoms with Crippen molar-refractivity contribution in [2.45, 2.75) is 27.3 Å². The Balaban J connectivity index is 1.75. The molecule has 0 atom stereocenters. The van der Waals surface area contributed by atoms with E-state index in [1.54, 1.807) is 18.2 Å². The lowest BCUT2D eigenvalue weighted by molar-refractivity contribution is 0.613. The molecule has 0 aliphatic carbocycles. The lowest BCUT2D eigenvalue weighted by Crippen LogP contribution is -2.07. The van der Waals surface area contributed by atoms with Crippen molar-refractivity contribution in [2.75, 3.05) is 10.6 Å². The minimum Gasteiger partial charge on any atom is -0.364 e. The van der Waals surface area contributed by atoms with Crippen LogP contribution in [0.15, 0.2) is 42.6 Å². The largest absolute Gasteiger partial charge is 0.364 e. The van der Waals surface area contributed by atoms with E-state index in [1.165, 1.54) is 17.8 Å². The van der Waals surface area contributed by atoms with Crippen LogP contribution in [-0.4, -0.2) is 15.2 Å². The SMILES string of the molecule is Cc1cc(C)c(Nc2nncc(NCc3ccccc3F)n2)c(C)c1. The Kier molecular flexibility index (Phi) is 4.88. The van der Waals surface area contributed by atoms with Gasteiger partial charge in [0.2, 0.25) is 5.95 Å². The standard InChI is InChI=1S/C19H20FN5/c1-12-8-13(2)18(14(3)9-12)24-19-23-17(11-22-25-19)21-10-15-6-4-5-7-16(15)20/h4-9,11H,10H2,1-3H3,(H2,21,23,24,25). The number of nitrogens with one attached hydrogen (secondary N) is 2. The van der Waals surface area contributed by atoms with Gasteiger partial charge in [0.05, 0.1) is 6.20 Å². The van der Waals surface area contributed by atoms with E-state index >= 15 is 0 Å². The second-order valence-electron chi connectivity index (χ2n) is 6.01. The van der Waals surface area contributed by atoms with Crippen LogP contribution in [0, 0.1) is 26.6 Å². The first kappa shape index (κ1) is 16.8. The van der Waals surface area contributed by atoms with Gasteiger partial charge in [-0.25, -0.2) is 4.39 Å². The van der Waals surface area contributed by atoms with Gasteiger partial charge in [-0.3, -0.25) is 0 Å². The summed E-state index contributed by atoms with van der Waals surface area (Å²) in [6.07, 6.45) is 1.51. The van der Waals surface area contributed by atoms with Crippen molar-refractivity contribution in [1.29, 1.82) is 0 Å². The fourth-order valence-corrected chi connectivity index (χ4v) is 2.76. The van der Waals surface area contributed by atoms with Crippen molar-refractivity contribution in [3.63, 3.8) is 0 Å². The average Bonchev–Trinajstić information content (AvgIpc) is 2.58. The minimum absolute atomic E-state index is 0.249. The van der Waals surface area contributed by atoms with Gasteiger partial charge in [0, 0.05) is 17.8 Å². The molecule has 0 fully saturated rings. The van der Waals surface area contributed by atoms with Gasteiger partial charge < -0.3 is 10.6 Å². The number of rotatable bonds is 5. The summed E-state index contributed by atoms with van der Waals surface area (Å²) >= 11 is 0. The van der Waals surface area contributed by atoms with Crippen molar-refractivity contribution in [1.82, 2.24) is 15.2 Å². The Morgan fingerprint density at radius 3 is 2.48 bits per heavy atom. The highest BCUT2D eigenvalue weighted by atomic mass is 19.1. The Labute approximate surface area is 146 Å². The summed E-state index contributed by atoms with van der Waals surface area (Å²) in [6, 6.07) is 10.8. The molecule has 2 aromatic carbocycles. The van der Waals surface area contributed by atoms with Crippen molar-refractivity contribution >= 4 is 17.5 Å². The van der Waals surface area contributed by atoms with Gasteiger partial charge in [-0.2, -0.15) is 10.1 Å². The number of benzene rings is 2. The molecule has 128 valence electrons. The molecule has 0 bridgehead atoms. The third-order valence-corrected chi connectivity index (χ3v) is 3.89. The molecule has 25 heavy (non-hydrogen) atoms. The monoisotopic (exact) mass is 337 g/mol. The van der Waals surface area contributed by atoms with Gasteiger partial charge in [-0.15, -0.1) is 5.10 Å². The normalized spacial score (nSPS) is 10.6. The summed E-state index contributed by atoms with van der Waals surface area (Å²) in [6.45, 7) is 6.47. The molecule has 6 heteroatoms. The number of halogens is 1. The van der Waals surface area contributed by atoms with Crippen LogP contribution < -0.4 is 10.6 Å². The molecule has 0 radical (unpaired) electrons. The first-order valence-electron chi connectivity index (χ1n) is 8.05. The Hall–Kier alpha value is -3.02. The van der Waals surface area contributed by atoms with E-state index in [4.69, 9.17) is 0 Å². The number of nitrogens with zero attached hydrogens (tertiary/aromatic N) is 3. The summed E-state index contributed by atoms with van der Waals surface area (Å²) in [4.78, 5) is 4.40. The summed E-state index contributed by atoms with van der Waals surface area (Å²) < 4.78 is 13.7. The predicted octanol–water partition coefficient (Wildman–Crippen LogP) is 4.29. The van der Waals surface area contributed by atoms with E-state index < -0.39 is 0 Å². The number of aromatic nitrogens is 3. The van der Waals surface area contributed by atoms with Crippen LogP contribution >= 0.6 is 0 Å². The first-order valence-corrected chi connectivity index (χ1v) is 8.05. The highest BCUT2D eigenvalue weighted by Gasteiger charge is 2.08. The van der Waals surface area contributed by atoms with E-state index in [0.29, 0.717) is 23.9 Å². The number of hydrogen-bond donors (Lipinski definition) is 2. The van der Waals surface area contributed by atoms with Gasteiger partial charge in [0.25, 0.3) is 0 Å². The zero-order valence-electron chi connectivity index (χ0n) is 14.5. The number of aryl methyl sites for hydroxylation is 3.